The molecule has 0 spiro atoms. The number of carbonyl (C=O) groups is 4. The van der Waals surface area contributed by atoms with E-state index in [1.165, 1.54) is 0 Å². The summed E-state index contributed by atoms with van der Waals surface area (Å²) in [6.45, 7) is 4.15. The highest BCUT2D eigenvalue weighted by Crippen LogP contribution is 2.25. The Morgan fingerprint density at radius 3 is 2.67 bits per heavy atom. The molecule has 1 aromatic heterocycles. The quantitative estimate of drug-likeness (QED) is 0.604. The largest absolute Gasteiger partial charge is 0.445 e. The van der Waals surface area contributed by atoms with Gasteiger partial charge in [0.25, 0.3) is 5.91 Å². The molecule has 176 valence electrons. The lowest BCUT2D eigenvalue weighted by Crippen LogP contribution is -2.46. The van der Waals surface area contributed by atoms with Crippen LogP contribution >= 0.6 is 11.3 Å². The summed E-state index contributed by atoms with van der Waals surface area (Å²) < 4.78 is 5.26. The van der Waals surface area contributed by atoms with Gasteiger partial charge < -0.3 is 15.4 Å². The van der Waals surface area contributed by atoms with Gasteiger partial charge in [-0.15, -0.1) is 11.3 Å². The number of fused-ring (bicyclic) bond motifs is 1. The first-order valence-corrected chi connectivity index (χ1v) is 12.1. The Balaban J connectivity index is 1.67. The number of carbonyl (C=O) groups excluding carboxylic acids is 4. The third-order valence-corrected chi connectivity index (χ3v) is 6.71. The number of thiophene rings is 1. The molecule has 0 bridgehead atoms. The standard InChI is InChI=1S/C25H30N2O5S/c1-16(2)22(27-25(31)32-15-17-7-4-3-5-8-17)20(28)13-19-14-21-18(10-12-33-21)9-6-11-26-24(30)23(19)29/h3-5,7-8,10,12,16,19,22H,6,9,11,13-15H2,1-2H3,(H,26,30)(H,27,31). The van der Waals surface area contributed by atoms with Crippen LogP contribution in [0.5, 0.6) is 0 Å². The average Bonchev–Trinajstić information content (AvgIpc) is 3.24. The third kappa shape index (κ3) is 6.99. The van der Waals surface area contributed by atoms with Crippen molar-refractivity contribution in [2.75, 3.05) is 6.54 Å². The zero-order valence-electron chi connectivity index (χ0n) is 19.0. The number of aryl methyl sites for hydroxylation is 1. The molecule has 0 saturated carbocycles. The van der Waals surface area contributed by atoms with Gasteiger partial charge in [0, 0.05) is 23.8 Å². The molecule has 0 aliphatic carbocycles. The molecule has 1 aliphatic heterocycles. The van der Waals surface area contributed by atoms with Gasteiger partial charge in [-0.1, -0.05) is 44.2 Å². The van der Waals surface area contributed by atoms with Crippen LogP contribution in [0.3, 0.4) is 0 Å². The Morgan fingerprint density at radius 1 is 1.18 bits per heavy atom. The van der Waals surface area contributed by atoms with Crippen LogP contribution < -0.4 is 10.6 Å². The number of benzene rings is 1. The van der Waals surface area contributed by atoms with Crippen LogP contribution in [0.4, 0.5) is 4.79 Å². The van der Waals surface area contributed by atoms with Crippen LogP contribution in [0.2, 0.25) is 0 Å². The molecule has 2 N–H and O–H groups in total. The first-order valence-electron chi connectivity index (χ1n) is 11.2. The maximum Gasteiger partial charge on any atom is 0.408 e. The Labute approximate surface area is 197 Å². The van der Waals surface area contributed by atoms with Gasteiger partial charge in [0.15, 0.2) is 5.78 Å². The number of ether oxygens (including phenoxy) is 1. The van der Waals surface area contributed by atoms with Crippen LogP contribution in [0.25, 0.3) is 0 Å². The second-order valence-electron chi connectivity index (χ2n) is 8.59. The van der Waals surface area contributed by atoms with Gasteiger partial charge >= 0.3 is 6.09 Å². The smallest absolute Gasteiger partial charge is 0.408 e. The molecule has 2 heterocycles. The molecular weight excluding hydrogens is 440 g/mol. The second kappa shape index (κ2) is 11.7. The number of ketones is 2. The molecule has 1 aromatic carbocycles. The average molecular weight is 471 g/mol. The predicted octanol–water partition coefficient (Wildman–Crippen LogP) is 3.45. The van der Waals surface area contributed by atoms with E-state index in [1.807, 2.05) is 55.6 Å². The molecular formula is C25H30N2O5S. The number of nitrogens with one attached hydrogen (secondary N) is 2. The third-order valence-electron chi connectivity index (χ3n) is 5.72. The highest BCUT2D eigenvalue weighted by molar-refractivity contribution is 7.10. The first kappa shape index (κ1) is 24.6. The fourth-order valence-corrected chi connectivity index (χ4v) is 4.90. The molecule has 2 atom stereocenters. The first-order chi connectivity index (χ1) is 15.8. The van der Waals surface area contributed by atoms with Crippen molar-refractivity contribution in [1.29, 1.82) is 0 Å². The van der Waals surface area contributed by atoms with E-state index in [4.69, 9.17) is 4.74 Å². The van der Waals surface area contributed by atoms with Gasteiger partial charge in [0.05, 0.1) is 6.04 Å². The molecule has 2 amide bonds. The number of rotatable bonds is 7. The predicted molar refractivity (Wildman–Crippen MR) is 126 cm³/mol. The normalized spacial score (nSPS) is 17.6. The van der Waals surface area contributed by atoms with Gasteiger partial charge in [0.2, 0.25) is 5.78 Å². The van der Waals surface area contributed by atoms with Crippen molar-refractivity contribution in [3.05, 3.63) is 57.8 Å². The van der Waals surface area contributed by atoms with Crippen molar-refractivity contribution in [3.8, 4) is 0 Å². The maximum absolute atomic E-state index is 13.2. The number of Topliss-reactive ketones (excluding diaryl/α,β-unsaturated/α-hetero) is 2. The maximum atomic E-state index is 13.2. The lowest BCUT2D eigenvalue weighted by Gasteiger charge is -2.23. The Hall–Kier alpha value is -3.00. The molecule has 0 saturated heterocycles. The summed E-state index contributed by atoms with van der Waals surface area (Å²) in [6.07, 6.45) is 1.11. The van der Waals surface area contributed by atoms with Crippen molar-refractivity contribution in [2.24, 2.45) is 11.8 Å². The highest BCUT2D eigenvalue weighted by atomic mass is 32.1. The van der Waals surface area contributed by atoms with Gasteiger partial charge in [-0.2, -0.15) is 0 Å². The lowest BCUT2D eigenvalue weighted by molar-refractivity contribution is -0.141. The minimum Gasteiger partial charge on any atom is -0.445 e. The van der Waals surface area contributed by atoms with Crippen molar-refractivity contribution in [3.63, 3.8) is 0 Å². The SMILES string of the molecule is CC(C)C(NC(=O)OCc1ccccc1)C(=O)CC1Cc2sccc2CCCNC(=O)C1=O. The Bertz CT molecular complexity index is 986. The molecule has 3 rings (SSSR count). The number of hydrogen-bond donors (Lipinski definition) is 2. The number of alkyl carbamates (subject to hydrolysis) is 1. The van der Waals surface area contributed by atoms with Crippen LogP contribution in [0.15, 0.2) is 41.8 Å². The molecule has 33 heavy (non-hydrogen) atoms. The molecule has 0 radical (unpaired) electrons. The minimum atomic E-state index is -0.817. The van der Waals surface area contributed by atoms with Gasteiger partial charge in [-0.05, 0) is 47.8 Å². The van der Waals surface area contributed by atoms with E-state index < -0.39 is 29.7 Å². The summed E-state index contributed by atoms with van der Waals surface area (Å²) in [7, 11) is 0. The second-order valence-corrected chi connectivity index (χ2v) is 9.59. The summed E-state index contributed by atoms with van der Waals surface area (Å²) in [5.74, 6) is -2.50. The van der Waals surface area contributed by atoms with Crippen molar-refractivity contribution in [2.45, 2.75) is 52.2 Å². The molecule has 1 aliphatic rings. The molecule has 2 unspecified atom stereocenters. The van der Waals surface area contributed by atoms with Crippen LogP contribution in [0, 0.1) is 11.8 Å². The van der Waals surface area contributed by atoms with Crippen molar-refractivity contribution < 1.29 is 23.9 Å². The van der Waals surface area contributed by atoms with Crippen molar-refractivity contribution >= 4 is 34.9 Å². The summed E-state index contributed by atoms with van der Waals surface area (Å²) in [6, 6.07) is 10.5. The topological polar surface area (TPSA) is 102 Å². The highest BCUT2D eigenvalue weighted by Gasteiger charge is 2.33. The fraction of sp³-hybridized carbons (Fsp3) is 0.440. The van der Waals surface area contributed by atoms with Crippen LogP contribution in [0.1, 0.15) is 42.7 Å². The van der Waals surface area contributed by atoms with Gasteiger partial charge in [0.1, 0.15) is 6.61 Å². The zero-order chi connectivity index (χ0) is 23.8. The summed E-state index contributed by atoms with van der Waals surface area (Å²) in [5.41, 5.74) is 1.99. The van der Waals surface area contributed by atoms with E-state index >= 15 is 0 Å². The summed E-state index contributed by atoms with van der Waals surface area (Å²) in [5, 5.41) is 7.28. The Morgan fingerprint density at radius 2 is 1.94 bits per heavy atom. The zero-order valence-corrected chi connectivity index (χ0v) is 19.8. The van der Waals surface area contributed by atoms with E-state index in [1.54, 1.807) is 11.3 Å². The summed E-state index contributed by atoms with van der Waals surface area (Å²) >= 11 is 1.54. The van der Waals surface area contributed by atoms with Gasteiger partial charge in [-0.25, -0.2) is 4.79 Å². The van der Waals surface area contributed by atoms with Crippen molar-refractivity contribution in [1.82, 2.24) is 10.6 Å². The minimum absolute atomic E-state index is 0.0914. The lowest BCUT2D eigenvalue weighted by atomic mass is 9.86. The van der Waals surface area contributed by atoms with Crippen LogP contribution in [-0.4, -0.2) is 36.2 Å². The Kier molecular flexibility index (Phi) is 8.77. The van der Waals surface area contributed by atoms with E-state index in [0.29, 0.717) is 13.0 Å². The van der Waals surface area contributed by atoms with E-state index in [0.717, 1.165) is 28.8 Å². The molecule has 0 fully saturated rings. The molecule has 2 aromatic rings. The van der Waals surface area contributed by atoms with Gasteiger partial charge in [-0.3, -0.25) is 14.4 Å². The number of amides is 2. The van der Waals surface area contributed by atoms with Crippen LogP contribution in [-0.2, 0) is 38.6 Å². The molecule has 8 heteroatoms. The molecule has 7 nitrogen and oxygen atoms in total. The van der Waals surface area contributed by atoms with E-state index in [-0.39, 0.29) is 24.7 Å². The monoisotopic (exact) mass is 470 g/mol. The number of hydrogen-bond acceptors (Lipinski definition) is 6. The fourth-order valence-electron chi connectivity index (χ4n) is 3.88. The summed E-state index contributed by atoms with van der Waals surface area (Å²) in [4.78, 5) is 51.7. The van der Waals surface area contributed by atoms with E-state index in [9.17, 15) is 19.2 Å². The van der Waals surface area contributed by atoms with E-state index in [2.05, 4.69) is 10.6 Å².